The molecule has 148 valence electrons. The molecule has 1 aromatic rings. The topological polar surface area (TPSA) is 122 Å². The lowest BCUT2D eigenvalue weighted by Crippen LogP contribution is -2.23. The Morgan fingerprint density at radius 2 is 1.79 bits per heavy atom. The van der Waals surface area contributed by atoms with E-state index in [-0.39, 0.29) is 40.3 Å². The van der Waals surface area contributed by atoms with Crippen LogP contribution in [0.4, 0.5) is 18.9 Å². The van der Waals surface area contributed by atoms with Crippen LogP contribution in [0.3, 0.4) is 0 Å². The zero-order chi connectivity index (χ0) is 20.6. The lowest BCUT2D eigenvalue weighted by molar-refractivity contribution is -0.120. The van der Waals surface area contributed by atoms with Gasteiger partial charge in [0.05, 0.1) is 5.56 Å². The largest absolute Gasteiger partial charge is 0.510 e. The van der Waals surface area contributed by atoms with E-state index in [2.05, 4.69) is 10.2 Å². The number of Topliss-reactive ketones (excluding diaryl/α,β-unsaturated/α-hetero) is 2. The van der Waals surface area contributed by atoms with E-state index in [1.807, 2.05) is 0 Å². The first-order valence-corrected chi connectivity index (χ1v) is 8.55. The third kappa shape index (κ3) is 3.54. The maximum absolute atomic E-state index is 12.5. The van der Waals surface area contributed by atoms with E-state index in [1.54, 1.807) is 0 Å². The Hall–Kier alpha value is -3.04. The number of anilines is 1. The molecule has 2 aliphatic rings. The highest BCUT2D eigenvalue weighted by atomic mass is 19.4. The molecule has 0 aliphatic heterocycles. The van der Waals surface area contributed by atoms with Gasteiger partial charge in [-0.2, -0.15) is 13.2 Å². The molecule has 1 aromatic carbocycles. The average molecular weight is 395 g/mol. The minimum atomic E-state index is -5.07. The van der Waals surface area contributed by atoms with Gasteiger partial charge in [-0.1, -0.05) is 18.9 Å². The van der Waals surface area contributed by atoms with Gasteiger partial charge >= 0.3 is 6.18 Å². The number of ketones is 2. The number of benzene rings is 1. The van der Waals surface area contributed by atoms with Crippen LogP contribution < -0.4 is 5.73 Å². The number of allylic oxidation sites excluding steroid dienone is 2. The summed E-state index contributed by atoms with van der Waals surface area (Å²) in [6.07, 6.45) is -2.05. The molecule has 1 amide bonds. The highest BCUT2D eigenvalue weighted by Crippen LogP contribution is 2.43. The molecular formula is C18H16F3N3O4. The van der Waals surface area contributed by atoms with Gasteiger partial charge in [0.15, 0.2) is 11.5 Å². The number of amides is 1. The molecule has 2 unspecified atom stereocenters. The van der Waals surface area contributed by atoms with Crippen molar-refractivity contribution < 1.29 is 32.7 Å². The number of halogens is 3. The van der Waals surface area contributed by atoms with Gasteiger partial charge in [0, 0.05) is 23.1 Å². The molecule has 28 heavy (non-hydrogen) atoms. The Labute approximate surface area is 157 Å². The first-order chi connectivity index (χ1) is 13.1. The molecule has 2 atom stereocenters. The van der Waals surface area contributed by atoms with Gasteiger partial charge in [-0.05, 0) is 25.0 Å². The number of nitrogens with two attached hydrogens (primary N) is 1. The summed E-state index contributed by atoms with van der Waals surface area (Å²) in [6.45, 7) is 0. The van der Waals surface area contributed by atoms with Crippen LogP contribution in [0.25, 0.3) is 0 Å². The summed E-state index contributed by atoms with van der Waals surface area (Å²) < 4.78 is 37.4. The molecule has 0 heterocycles. The number of nitrogen functional groups attached to an aromatic ring is 1. The first-order valence-electron chi connectivity index (χ1n) is 8.55. The molecule has 0 saturated heterocycles. The fourth-order valence-corrected chi connectivity index (χ4v) is 3.56. The highest BCUT2D eigenvalue weighted by molar-refractivity contribution is 6.05. The van der Waals surface area contributed by atoms with Crippen molar-refractivity contribution in [3.05, 3.63) is 40.8 Å². The van der Waals surface area contributed by atoms with Gasteiger partial charge < -0.3 is 10.8 Å². The van der Waals surface area contributed by atoms with E-state index in [0.717, 1.165) is 31.0 Å². The molecule has 0 bridgehead atoms. The summed E-state index contributed by atoms with van der Waals surface area (Å²) in [6, 6.07) is 2.46. The molecule has 7 nitrogen and oxygen atoms in total. The van der Waals surface area contributed by atoms with Crippen molar-refractivity contribution in [3.63, 3.8) is 0 Å². The Morgan fingerprint density at radius 3 is 2.36 bits per heavy atom. The smallest absolute Gasteiger partial charge is 0.454 e. The number of rotatable bonds is 3. The van der Waals surface area contributed by atoms with Crippen molar-refractivity contribution in [2.45, 2.75) is 31.9 Å². The fraction of sp³-hybridized carbons (Fsp3) is 0.389. The van der Waals surface area contributed by atoms with E-state index < -0.39 is 23.4 Å². The summed E-state index contributed by atoms with van der Waals surface area (Å²) in [5, 5.41) is 17.1. The van der Waals surface area contributed by atoms with Crippen LogP contribution in [0.2, 0.25) is 0 Å². The van der Waals surface area contributed by atoms with Crippen molar-refractivity contribution >= 4 is 23.2 Å². The second kappa shape index (κ2) is 7.17. The molecular weight excluding hydrogens is 379 g/mol. The van der Waals surface area contributed by atoms with Crippen molar-refractivity contribution in [3.8, 4) is 0 Å². The van der Waals surface area contributed by atoms with Gasteiger partial charge in [0.2, 0.25) is 0 Å². The number of hydrogen-bond acceptors (Lipinski definition) is 6. The SMILES string of the molecule is Nc1cc(C(=O)C(F)(F)F)ccc1C(=O)N=NC1=C(O)C2CCCCC2C1=O. The number of carbonyl (C=O) groups excluding carboxylic acids is 3. The average Bonchev–Trinajstić information content (AvgIpc) is 2.89. The molecule has 0 spiro atoms. The summed E-state index contributed by atoms with van der Waals surface area (Å²) in [5.74, 6) is -4.35. The van der Waals surface area contributed by atoms with E-state index in [4.69, 9.17) is 5.73 Å². The monoisotopic (exact) mass is 395 g/mol. The third-order valence-corrected chi connectivity index (χ3v) is 4.97. The molecule has 1 fully saturated rings. The van der Waals surface area contributed by atoms with Crippen LogP contribution in [0.15, 0.2) is 39.9 Å². The maximum Gasteiger partial charge on any atom is 0.454 e. The fourth-order valence-electron chi connectivity index (χ4n) is 3.56. The molecule has 2 aliphatic carbocycles. The highest BCUT2D eigenvalue weighted by Gasteiger charge is 2.44. The Balaban J connectivity index is 1.81. The van der Waals surface area contributed by atoms with Gasteiger partial charge in [-0.25, -0.2) is 0 Å². The van der Waals surface area contributed by atoms with E-state index in [9.17, 15) is 32.7 Å². The van der Waals surface area contributed by atoms with Crippen molar-refractivity contribution in [1.82, 2.24) is 0 Å². The van der Waals surface area contributed by atoms with E-state index in [0.29, 0.717) is 12.8 Å². The van der Waals surface area contributed by atoms with Gasteiger partial charge in [0.25, 0.3) is 11.7 Å². The Morgan fingerprint density at radius 1 is 1.14 bits per heavy atom. The molecule has 0 radical (unpaired) electrons. The molecule has 0 aromatic heterocycles. The lowest BCUT2D eigenvalue weighted by Gasteiger charge is -2.23. The van der Waals surface area contributed by atoms with Crippen LogP contribution in [0.1, 0.15) is 46.4 Å². The van der Waals surface area contributed by atoms with E-state index in [1.165, 1.54) is 0 Å². The van der Waals surface area contributed by atoms with Crippen molar-refractivity contribution in [2.24, 2.45) is 22.1 Å². The summed E-state index contributed by atoms with van der Waals surface area (Å²) >= 11 is 0. The van der Waals surface area contributed by atoms with Gasteiger partial charge in [-0.15, -0.1) is 10.2 Å². The van der Waals surface area contributed by atoms with Crippen LogP contribution in [0, 0.1) is 11.8 Å². The summed E-state index contributed by atoms with van der Waals surface area (Å²) in [5.41, 5.74) is 3.92. The predicted octanol–water partition coefficient (Wildman–Crippen LogP) is 3.76. The second-order valence-electron chi connectivity index (χ2n) is 6.73. The number of azo groups is 1. The van der Waals surface area contributed by atoms with Crippen molar-refractivity contribution in [2.75, 3.05) is 5.73 Å². The number of nitrogens with zero attached hydrogens (tertiary/aromatic N) is 2. The zero-order valence-corrected chi connectivity index (χ0v) is 14.5. The number of hydrogen-bond donors (Lipinski definition) is 2. The first kappa shape index (κ1) is 19.7. The van der Waals surface area contributed by atoms with Gasteiger partial charge in [0.1, 0.15) is 5.76 Å². The normalized spacial score (nSPS) is 22.6. The van der Waals surface area contributed by atoms with Gasteiger partial charge in [-0.3, -0.25) is 14.4 Å². The number of aliphatic hydroxyl groups excluding tert-OH is 1. The Kier molecular flexibility index (Phi) is 5.05. The quantitative estimate of drug-likeness (QED) is 0.458. The van der Waals surface area contributed by atoms with Crippen LogP contribution >= 0.6 is 0 Å². The van der Waals surface area contributed by atoms with Crippen LogP contribution in [0.5, 0.6) is 0 Å². The van der Waals surface area contributed by atoms with Crippen molar-refractivity contribution in [1.29, 1.82) is 0 Å². The Bertz CT molecular complexity index is 921. The number of alkyl halides is 3. The molecule has 1 saturated carbocycles. The summed E-state index contributed by atoms with van der Waals surface area (Å²) in [7, 11) is 0. The maximum atomic E-state index is 12.5. The number of carbonyl (C=O) groups is 3. The minimum Gasteiger partial charge on any atom is -0.510 e. The minimum absolute atomic E-state index is 0.189. The standard InChI is InChI=1S/C18H16F3N3O4/c19-18(20,21)16(27)8-5-6-11(12(22)7-8)17(28)24-23-13-14(25)9-3-1-2-4-10(9)15(13)26/h5-7,9-10,25H,1-4,22H2. The summed E-state index contributed by atoms with van der Waals surface area (Å²) in [4.78, 5) is 35.7. The van der Waals surface area contributed by atoms with E-state index >= 15 is 0 Å². The molecule has 3 rings (SSSR count). The molecule has 3 N–H and O–H groups in total. The van der Waals surface area contributed by atoms with Crippen LogP contribution in [-0.4, -0.2) is 28.8 Å². The predicted molar refractivity (Wildman–Crippen MR) is 90.5 cm³/mol. The zero-order valence-electron chi connectivity index (χ0n) is 14.5. The van der Waals surface area contributed by atoms with Crippen LogP contribution in [-0.2, 0) is 4.79 Å². The molecule has 10 heteroatoms. The second-order valence-corrected chi connectivity index (χ2v) is 6.73. The lowest BCUT2D eigenvalue weighted by atomic mass is 9.80. The third-order valence-electron chi connectivity index (χ3n) is 4.97. The number of fused-ring (bicyclic) bond motifs is 1. The number of aliphatic hydroxyl groups is 1.